The Labute approximate surface area is 162 Å². The molecular weight excluding hydrogens is 356 g/mol. The van der Waals surface area contributed by atoms with Gasteiger partial charge in [0, 0.05) is 30.7 Å². The number of rotatable bonds is 3. The van der Waals surface area contributed by atoms with E-state index in [0.717, 1.165) is 0 Å². The summed E-state index contributed by atoms with van der Waals surface area (Å²) in [7, 11) is 0. The quantitative estimate of drug-likeness (QED) is 0.756. The largest absolute Gasteiger partial charge is 0.423 e. The highest BCUT2D eigenvalue weighted by atomic mass is 16.4. The van der Waals surface area contributed by atoms with Crippen LogP contribution in [-0.2, 0) is 0 Å². The van der Waals surface area contributed by atoms with Crippen molar-refractivity contribution in [2.45, 2.75) is 25.9 Å². The average Bonchev–Trinajstić information content (AvgIpc) is 3.10. The fourth-order valence-electron chi connectivity index (χ4n) is 3.88. The monoisotopic (exact) mass is 378 g/mol. The van der Waals surface area contributed by atoms with Gasteiger partial charge in [-0.3, -0.25) is 9.59 Å². The highest BCUT2D eigenvalue weighted by molar-refractivity contribution is 6.03. The van der Waals surface area contributed by atoms with Gasteiger partial charge in [-0.1, -0.05) is 24.3 Å². The van der Waals surface area contributed by atoms with Crippen molar-refractivity contribution in [1.82, 2.24) is 9.88 Å². The third kappa shape index (κ3) is 3.09. The molecule has 2 aromatic carbocycles. The maximum atomic E-state index is 12.8. The molecule has 1 aromatic heterocycles. The van der Waals surface area contributed by atoms with E-state index in [0.29, 0.717) is 41.3 Å². The number of aromatic nitrogens is 1. The molecule has 1 aliphatic heterocycles. The molecule has 2 heterocycles. The van der Waals surface area contributed by atoms with Crippen LogP contribution in [0.5, 0.6) is 0 Å². The highest BCUT2D eigenvalue weighted by Gasteiger charge is 2.35. The van der Waals surface area contributed by atoms with Crippen LogP contribution in [-0.4, -0.2) is 46.9 Å². The summed E-state index contributed by atoms with van der Waals surface area (Å²) >= 11 is 0. The van der Waals surface area contributed by atoms with Gasteiger partial charge in [-0.25, -0.2) is 0 Å². The number of piperazine rings is 1. The number of nitrogens with zero attached hydrogens (tertiary/aromatic N) is 3. The molecule has 2 atom stereocenters. The average molecular weight is 378 g/mol. The number of carbonyl (C=O) groups excluding carboxylic acids is 2. The summed E-state index contributed by atoms with van der Waals surface area (Å²) in [6.07, 6.45) is 0. The standard InChI is InChI=1S/C21H22N4O3/c1-13-11-24(20(27)15-7-4-3-5-8-15)12-14(2)25(13)21-23-18-16(19(22)26)9-6-10-17(18)28-21/h3-10,13-14H,11-12H2,1-2H3,(H2,22,26). The van der Waals surface area contributed by atoms with Crippen LogP contribution in [0.25, 0.3) is 11.1 Å². The van der Waals surface area contributed by atoms with E-state index in [2.05, 4.69) is 9.88 Å². The van der Waals surface area contributed by atoms with Crippen LogP contribution in [0.2, 0.25) is 0 Å². The van der Waals surface area contributed by atoms with Crippen LogP contribution < -0.4 is 10.6 Å². The Morgan fingerprint density at radius 2 is 1.71 bits per heavy atom. The van der Waals surface area contributed by atoms with Crippen LogP contribution in [0, 0.1) is 0 Å². The maximum absolute atomic E-state index is 12.8. The van der Waals surface area contributed by atoms with Gasteiger partial charge in [0.05, 0.1) is 5.56 Å². The smallest absolute Gasteiger partial charge is 0.299 e. The second-order valence-corrected chi connectivity index (χ2v) is 7.19. The number of hydrogen-bond donors (Lipinski definition) is 1. The van der Waals surface area contributed by atoms with Gasteiger partial charge in [0.15, 0.2) is 5.58 Å². The van der Waals surface area contributed by atoms with E-state index in [-0.39, 0.29) is 18.0 Å². The predicted octanol–water partition coefficient (Wildman–Crippen LogP) is 2.67. The Hall–Kier alpha value is -3.35. The number of para-hydroxylation sites is 1. The van der Waals surface area contributed by atoms with Gasteiger partial charge < -0.3 is 20.0 Å². The number of nitrogens with two attached hydrogens (primary N) is 1. The number of amides is 2. The summed E-state index contributed by atoms with van der Waals surface area (Å²) in [5.41, 5.74) is 7.46. The molecule has 28 heavy (non-hydrogen) atoms. The summed E-state index contributed by atoms with van der Waals surface area (Å²) in [5, 5.41) is 0. The second kappa shape index (κ2) is 6.99. The topological polar surface area (TPSA) is 92.7 Å². The van der Waals surface area contributed by atoms with Gasteiger partial charge in [-0.2, -0.15) is 4.98 Å². The maximum Gasteiger partial charge on any atom is 0.299 e. The van der Waals surface area contributed by atoms with Crippen LogP contribution in [0.4, 0.5) is 6.01 Å². The Morgan fingerprint density at radius 1 is 1.04 bits per heavy atom. The fraction of sp³-hybridized carbons (Fsp3) is 0.286. The molecule has 0 saturated carbocycles. The van der Waals surface area contributed by atoms with Crippen molar-refractivity contribution in [2.24, 2.45) is 5.73 Å². The van der Waals surface area contributed by atoms with Crippen LogP contribution in [0.15, 0.2) is 52.9 Å². The van der Waals surface area contributed by atoms with Gasteiger partial charge >= 0.3 is 0 Å². The van der Waals surface area contributed by atoms with Gasteiger partial charge in [-0.15, -0.1) is 0 Å². The molecule has 7 heteroatoms. The number of benzene rings is 2. The first kappa shape index (κ1) is 18.0. The fourth-order valence-corrected chi connectivity index (χ4v) is 3.88. The molecule has 0 bridgehead atoms. The first-order valence-electron chi connectivity index (χ1n) is 9.27. The minimum Gasteiger partial charge on any atom is -0.423 e. The van der Waals surface area contributed by atoms with Crippen molar-refractivity contribution < 1.29 is 14.0 Å². The summed E-state index contributed by atoms with van der Waals surface area (Å²) in [6, 6.07) is 14.9. The summed E-state index contributed by atoms with van der Waals surface area (Å²) in [4.78, 5) is 32.9. The molecule has 7 nitrogen and oxygen atoms in total. The highest BCUT2D eigenvalue weighted by Crippen LogP contribution is 2.29. The molecule has 0 radical (unpaired) electrons. The zero-order valence-electron chi connectivity index (χ0n) is 15.8. The van der Waals surface area contributed by atoms with E-state index in [1.807, 2.05) is 49.1 Å². The van der Waals surface area contributed by atoms with Crippen LogP contribution >= 0.6 is 0 Å². The lowest BCUT2D eigenvalue weighted by Gasteiger charge is -2.43. The summed E-state index contributed by atoms with van der Waals surface area (Å²) in [5.74, 6) is -0.516. The molecule has 1 saturated heterocycles. The third-order valence-electron chi connectivity index (χ3n) is 5.12. The van der Waals surface area contributed by atoms with Gasteiger partial charge in [-0.05, 0) is 38.1 Å². The Morgan fingerprint density at radius 3 is 2.36 bits per heavy atom. The minimum absolute atomic E-state index is 0.00139. The zero-order chi connectivity index (χ0) is 19.8. The number of anilines is 1. The summed E-state index contributed by atoms with van der Waals surface area (Å²) < 4.78 is 5.92. The minimum atomic E-state index is -0.537. The SMILES string of the molecule is CC1CN(C(=O)c2ccccc2)CC(C)N1c1nc2c(C(N)=O)cccc2o1. The Kier molecular flexibility index (Phi) is 4.50. The molecule has 2 amide bonds. The molecule has 4 rings (SSSR count). The van der Waals surface area contributed by atoms with Crippen LogP contribution in [0.3, 0.4) is 0 Å². The second-order valence-electron chi connectivity index (χ2n) is 7.19. The van der Waals surface area contributed by atoms with Crippen molar-refractivity contribution in [2.75, 3.05) is 18.0 Å². The molecule has 2 N–H and O–H groups in total. The van der Waals surface area contributed by atoms with Gasteiger partial charge in [0.25, 0.3) is 17.8 Å². The van der Waals surface area contributed by atoms with E-state index >= 15 is 0 Å². The lowest BCUT2D eigenvalue weighted by atomic mass is 10.1. The van der Waals surface area contributed by atoms with E-state index in [4.69, 9.17) is 10.2 Å². The van der Waals surface area contributed by atoms with Crippen molar-refractivity contribution in [3.05, 3.63) is 59.7 Å². The first-order chi connectivity index (χ1) is 13.5. The van der Waals surface area contributed by atoms with Gasteiger partial charge in [0.1, 0.15) is 5.52 Å². The Bertz CT molecular complexity index is 1020. The summed E-state index contributed by atoms with van der Waals surface area (Å²) in [6.45, 7) is 5.18. The van der Waals surface area contributed by atoms with Crippen molar-refractivity contribution in [1.29, 1.82) is 0 Å². The lowest BCUT2D eigenvalue weighted by molar-refractivity contribution is 0.0697. The first-order valence-corrected chi connectivity index (χ1v) is 9.27. The molecule has 1 fully saturated rings. The predicted molar refractivity (Wildman–Crippen MR) is 106 cm³/mol. The van der Waals surface area contributed by atoms with Crippen molar-refractivity contribution in [3.8, 4) is 0 Å². The number of primary amides is 1. The normalized spacial score (nSPS) is 19.8. The van der Waals surface area contributed by atoms with E-state index in [1.54, 1.807) is 18.2 Å². The van der Waals surface area contributed by atoms with Crippen molar-refractivity contribution >= 4 is 28.9 Å². The number of carbonyl (C=O) groups is 2. The van der Waals surface area contributed by atoms with Gasteiger partial charge in [0.2, 0.25) is 0 Å². The zero-order valence-corrected chi connectivity index (χ0v) is 15.8. The van der Waals surface area contributed by atoms with E-state index < -0.39 is 5.91 Å². The molecular formula is C21H22N4O3. The molecule has 1 aliphatic rings. The number of oxazole rings is 1. The van der Waals surface area contributed by atoms with E-state index in [9.17, 15) is 9.59 Å². The lowest BCUT2D eigenvalue weighted by Crippen LogP contribution is -2.58. The third-order valence-corrected chi connectivity index (χ3v) is 5.12. The molecule has 144 valence electrons. The number of hydrogen-bond acceptors (Lipinski definition) is 5. The molecule has 0 spiro atoms. The van der Waals surface area contributed by atoms with Crippen LogP contribution in [0.1, 0.15) is 34.6 Å². The molecule has 2 unspecified atom stereocenters. The number of fused-ring (bicyclic) bond motifs is 1. The molecule has 0 aliphatic carbocycles. The Balaban J connectivity index is 1.61. The molecule has 3 aromatic rings. The van der Waals surface area contributed by atoms with E-state index in [1.165, 1.54) is 0 Å². The van der Waals surface area contributed by atoms with Crippen molar-refractivity contribution in [3.63, 3.8) is 0 Å².